The van der Waals surface area contributed by atoms with E-state index in [2.05, 4.69) is 5.32 Å². The lowest BCUT2D eigenvalue weighted by Gasteiger charge is -2.22. The van der Waals surface area contributed by atoms with Crippen LogP contribution < -0.4 is 11.1 Å². The zero-order valence-corrected chi connectivity index (χ0v) is 18.1. The highest BCUT2D eigenvalue weighted by Crippen LogP contribution is 2.29. The molecule has 1 saturated carbocycles. The average molecular weight is 459 g/mol. The maximum atomic E-state index is 14.0. The van der Waals surface area contributed by atoms with E-state index in [4.69, 9.17) is 17.3 Å². The molecule has 4 rings (SSSR count). The van der Waals surface area contributed by atoms with Gasteiger partial charge in [-0.1, -0.05) is 41.9 Å². The van der Waals surface area contributed by atoms with E-state index < -0.39 is 12.2 Å². The zero-order chi connectivity index (χ0) is 22.8. The Hall–Kier alpha value is -2.94. The van der Waals surface area contributed by atoms with Gasteiger partial charge in [0, 0.05) is 29.7 Å². The molecule has 2 aromatic carbocycles. The molecule has 0 spiro atoms. The molecule has 1 aliphatic rings. The van der Waals surface area contributed by atoms with Gasteiger partial charge in [0.05, 0.1) is 23.5 Å². The van der Waals surface area contributed by atoms with E-state index in [-0.39, 0.29) is 48.0 Å². The minimum Gasteiger partial charge on any atom is -0.361 e. The van der Waals surface area contributed by atoms with E-state index in [1.54, 1.807) is 23.2 Å². The molecule has 1 fully saturated rings. The summed E-state index contributed by atoms with van der Waals surface area (Å²) in [5.74, 6) is -1.13. The molecule has 32 heavy (non-hydrogen) atoms. The number of aliphatic hydroxyl groups is 1. The quantitative estimate of drug-likeness (QED) is 0.452. The largest absolute Gasteiger partial charge is 0.361 e. The maximum Gasteiger partial charge on any atom is 0.239 e. The minimum absolute atomic E-state index is 0.00621. The van der Waals surface area contributed by atoms with E-state index in [1.807, 2.05) is 24.3 Å². The van der Waals surface area contributed by atoms with Gasteiger partial charge >= 0.3 is 0 Å². The van der Waals surface area contributed by atoms with Crippen molar-refractivity contribution in [1.29, 1.82) is 0 Å². The van der Waals surface area contributed by atoms with Gasteiger partial charge in [-0.05, 0) is 30.5 Å². The van der Waals surface area contributed by atoms with Crippen LogP contribution in [0, 0.1) is 5.82 Å². The van der Waals surface area contributed by atoms with Crippen LogP contribution in [0.3, 0.4) is 0 Å². The van der Waals surface area contributed by atoms with E-state index >= 15 is 0 Å². The number of hydrogen-bond acceptors (Lipinski definition) is 4. The second kappa shape index (κ2) is 9.28. The summed E-state index contributed by atoms with van der Waals surface area (Å²) in [7, 11) is 0. The first kappa shape index (κ1) is 22.3. The van der Waals surface area contributed by atoms with Crippen molar-refractivity contribution in [1.82, 2.24) is 14.8 Å². The number of fused-ring (bicyclic) bond motifs is 1. The predicted molar refractivity (Wildman–Crippen MR) is 119 cm³/mol. The van der Waals surface area contributed by atoms with Crippen molar-refractivity contribution in [2.24, 2.45) is 5.73 Å². The summed E-state index contributed by atoms with van der Waals surface area (Å²) in [6.45, 7) is -0.121. The average Bonchev–Trinajstić information content (AvgIpc) is 3.54. The number of amides is 2. The van der Waals surface area contributed by atoms with Crippen LogP contribution >= 0.6 is 11.6 Å². The highest BCUT2D eigenvalue weighted by molar-refractivity contribution is 6.30. The summed E-state index contributed by atoms with van der Waals surface area (Å²) < 4.78 is 15.5. The highest BCUT2D eigenvalue weighted by Gasteiger charge is 2.34. The van der Waals surface area contributed by atoms with Crippen LogP contribution in [-0.4, -0.2) is 39.0 Å². The number of para-hydroxylation sites is 1. The molecule has 0 bridgehead atoms. The normalized spacial score (nSPS) is 14.4. The van der Waals surface area contributed by atoms with Gasteiger partial charge < -0.3 is 19.9 Å². The van der Waals surface area contributed by atoms with E-state index in [0.717, 1.165) is 29.3 Å². The van der Waals surface area contributed by atoms with Crippen molar-refractivity contribution in [3.05, 3.63) is 70.6 Å². The van der Waals surface area contributed by atoms with Gasteiger partial charge in [0.15, 0.2) is 6.35 Å². The van der Waals surface area contributed by atoms with Crippen LogP contribution in [0.25, 0.3) is 10.9 Å². The molecule has 7 nitrogen and oxygen atoms in total. The number of hydrogen-bond donors (Lipinski definition) is 3. The Morgan fingerprint density at radius 1 is 1.22 bits per heavy atom. The molecule has 9 heteroatoms. The number of nitrogens with one attached hydrogen (secondary N) is 1. The third kappa shape index (κ3) is 4.77. The van der Waals surface area contributed by atoms with Crippen molar-refractivity contribution >= 4 is 34.3 Å². The van der Waals surface area contributed by atoms with E-state index in [9.17, 15) is 19.1 Å². The Bertz CT molecular complexity index is 1160. The van der Waals surface area contributed by atoms with Gasteiger partial charge in [-0.25, -0.2) is 4.39 Å². The summed E-state index contributed by atoms with van der Waals surface area (Å²) in [6, 6.07) is 12.0. The highest BCUT2D eigenvalue weighted by atomic mass is 35.5. The lowest BCUT2D eigenvalue weighted by Crippen LogP contribution is -2.42. The van der Waals surface area contributed by atoms with Gasteiger partial charge in [-0.15, -0.1) is 0 Å². The number of halogens is 2. The fraction of sp³-hybridized carbons (Fsp3) is 0.304. The molecular weight excluding hydrogens is 435 g/mol. The molecule has 2 amide bonds. The van der Waals surface area contributed by atoms with Crippen molar-refractivity contribution < 1.29 is 19.1 Å². The summed E-state index contributed by atoms with van der Waals surface area (Å²) in [4.78, 5) is 27.2. The third-order valence-corrected chi connectivity index (χ3v) is 5.87. The molecule has 168 valence electrons. The lowest BCUT2D eigenvalue weighted by molar-refractivity contribution is -0.136. The topological polar surface area (TPSA) is 101 Å². The Balaban J connectivity index is 1.44. The predicted octanol–water partition coefficient (Wildman–Crippen LogP) is 2.69. The van der Waals surface area contributed by atoms with Crippen molar-refractivity contribution in [3.63, 3.8) is 0 Å². The summed E-state index contributed by atoms with van der Waals surface area (Å²) >= 11 is 5.78. The monoisotopic (exact) mass is 458 g/mol. The van der Waals surface area contributed by atoms with Gasteiger partial charge in [-0.3, -0.25) is 15.3 Å². The molecule has 0 radical (unpaired) electrons. The first-order valence-electron chi connectivity index (χ1n) is 10.4. The molecule has 1 atom stereocenters. The smallest absolute Gasteiger partial charge is 0.239 e. The molecule has 3 aromatic rings. The zero-order valence-electron chi connectivity index (χ0n) is 17.3. The number of nitrogens with zero attached hydrogens (tertiary/aromatic N) is 2. The Morgan fingerprint density at radius 3 is 2.69 bits per heavy atom. The molecule has 0 saturated heterocycles. The van der Waals surface area contributed by atoms with Crippen LogP contribution in [0.4, 0.5) is 4.39 Å². The van der Waals surface area contributed by atoms with Gasteiger partial charge in [-0.2, -0.15) is 0 Å². The molecule has 4 N–H and O–H groups in total. The van der Waals surface area contributed by atoms with E-state index in [1.165, 1.54) is 10.6 Å². The van der Waals surface area contributed by atoms with Gasteiger partial charge in [0.25, 0.3) is 0 Å². The van der Waals surface area contributed by atoms with E-state index in [0.29, 0.717) is 0 Å². The van der Waals surface area contributed by atoms with Crippen LogP contribution in [0.5, 0.6) is 0 Å². The number of aromatic nitrogens is 1. The molecular formula is C23H24ClFN4O3. The van der Waals surface area contributed by atoms with Crippen molar-refractivity contribution in [2.75, 3.05) is 6.54 Å². The molecule has 1 aromatic heterocycles. The Morgan fingerprint density at radius 2 is 1.97 bits per heavy atom. The summed E-state index contributed by atoms with van der Waals surface area (Å²) in [5.41, 5.74) is 7.38. The minimum atomic E-state index is -1.22. The van der Waals surface area contributed by atoms with Gasteiger partial charge in [0.2, 0.25) is 11.8 Å². The number of carbonyl (C=O) groups excluding carboxylic acids is 2. The molecule has 1 heterocycles. The number of nitrogens with two attached hydrogens (primary N) is 1. The second-order valence-electron chi connectivity index (χ2n) is 7.91. The molecule has 1 unspecified atom stereocenters. The number of aliphatic hydroxyl groups excluding tert-OH is 1. The molecule has 0 aliphatic heterocycles. The van der Waals surface area contributed by atoms with Crippen molar-refractivity contribution in [3.8, 4) is 0 Å². The van der Waals surface area contributed by atoms with Crippen molar-refractivity contribution in [2.45, 2.75) is 38.2 Å². The first-order chi connectivity index (χ1) is 15.3. The summed E-state index contributed by atoms with van der Waals surface area (Å²) in [6.07, 6.45) is 2.20. The van der Waals surface area contributed by atoms with Crippen LogP contribution in [0.1, 0.15) is 30.3 Å². The standard InChI is InChI=1S/C23H24ClFN4O3/c24-18-6-3-4-14(22(18)25)11-27-20(30)13-28(16-8-9-16)21(31)10-15-12-29(23(26)32)19-7-2-1-5-17(15)19/h1-7,12,16,23,32H,8-11,13,26H2,(H,27,30). The SMILES string of the molecule is NC(O)n1cc(CC(=O)N(CC(=O)NCc2cccc(Cl)c2F)C2CC2)c2ccccc21. The van der Waals surface area contributed by atoms with Crippen LogP contribution in [0.2, 0.25) is 5.02 Å². The number of rotatable bonds is 8. The maximum absolute atomic E-state index is 14.0. The lowest BCUT2D eigenvalue weighted by atomic mass is 10.1. The Labute approximate surface area is 189 Å². The van der Waals surface area contributed by atoms with Crippen LogP contribution in [-0.2, 0) is 22.6 Å². The van der Waals surface area contributed by atoms with Crippen LogP contribution in [0.15, 0.2) is 48.7 Å². The fourth-order valence-corrected chi connectivity index (χ4v) is 3.99. The second-order valence-corrected chi connectivity index (χ2v) is 8.32. The first-order valence-corrected chi connectivity index (χ1v) is 10.7. The molecule has 1 aliphatic carbocycles. The number of carbonyl (C=O) groups is 2. The summed E-state index contributed by atoms with van der Waals surface area (Å²) in [5, 5.41) is 13.3. The Kier molecular flexibility index (Phi) is 6.45. The number of benzene rings is 2. The third-order valence-electron chi connectivity index (χ3n) is 5.58. The van der Waals surface area contributed by atoms with Gasteiger partial charge in [0.1, 0.15) is 5.82 Å². The fourth-order valence-electron chi connectivity index (χ4n) is 3.80.